The number of carbonyl (C=O) groups is 2. The Morgan fingerprint density at radius 2 is 1.92 bits per heavy atom. The van der Waals surface area contributed by atoms with Crippen molar-refractivity contribution < 1.29 is 18.4 Å². The SMILES string of the molecule is Cc1cc(Cl)ccc1NC(=O)C1CC(=O)N(c2c(F)cccc2F)C1. The average molecular weight is 365 g/mol. The van der Waals surface area contributed by atoms with Crippen molar-refractivity contribution >= 4 is 34.8 Å². The number of carbonyl (C=O) groups excluding carboxylic acids is 2. The molecule has 2 amide bonds. The van der Waals surface area contributed by atoms with Crippen molar-refractivity contribution in [2.24, 2.45) is 5.92 Å². The van der Waals surface area contributed by atoms with E-state index in [1.165, 1.54) is 6.07 Å². The summed E-state index contributed by atoms with van der Waals surface area (Å²) < 4.78 is 27.8. The highest BCUT2D eigenvalue weighted by Crippen LogP contribution is 2.30. The van der Waals surface area contributed by atoms with Crippen LogP contribution in [0.5, 0.6) is 0 Å². The molecule has 2 aromatic rings. The second kappa shape index (κ2) is 6.80. The summed E-state index contributed by atoms with van der Waals surface area (Å²) in [6, 6.07) is 8.40. The van der Waals surface area contributed by atoms with Crippen molar-refractivity contribution in [1.82, 2.24) is 0 Å². The maximum absolute atomic E-state index is 13.9. The molecule has 7 heteroatoms. The number of hydrogen-bond acceptors (Lipinski definition) is 2. The van der Waals surface area contributed by atoms with E-state index in [-0.39, 0.29) is 18.9 Å². The van der Waals surface area contributed by atoms with Crippen LogP contribution in [-0.2, 0) is 9.59 Å². The molecule has 1 heterocycles. The van der Waals surface area contributed by atoms with Crippen LogP contribution in [0.25, 0.3) is 0 Å². The van der Waals surface area contributed by atoms with E-state index in [1.807, 2.05) is 0 Å². The molecular formula is C18H15ClF2N2O2. The molecule has 1 aliphatic heterocycles. The standard InChI is InChI=1S/C18H15ClF2N2O2/c1-10-7-12(19)5-6-15(10)22-18(25)11-8-16(24)23(9-11)17-13(20)3-2-4-14(17)21/h2-7,11H,8-9H2,1H3,(H,22,25). The first-order chi connectivity index (χ1) is 11.9. The predicted molar refractivity (Wildman–Crippen MR) is 91.6 cm³/mol. The number of halogens is 3. The average Bonchev–Trinajstić information content (AvgIpc) is 2.92. The summed E-state index contributed by atoms with van der Waals surface area (Å²) in [5, 5.41) is 3.29. The Hall–Kier alpha value is -2.47. The third kappa shape index (κ3) is 3.49. The lowest BCUT2D eigenvalue weighted by atomic mass is 10.1. The number of hydrogen-bond donors (Lipinski definition) is 1. The molecule has 0 spiro atoms. The van der Waals surface area contributed by atoms with Crippen molar-refractivity contribution in [2.45, 2.75) is 13.3 Å². The van der Waals surface area contributed by atoms with Gasteiger partial charge >= 0.3 is 0 Å². The Kier molecular flexibility index (Phi) is 4.72. The van der Waals surface area contributed by atoms with Crippen LogP contribution in [0.4, 0.5) is 20.2 Å². The number of aryl methyl sites for hydroxylation is 1. The zero-order valence-corrected chi connectivity index (χ0v) is 14.1. The lowest BCUT2D eigenvalue weighted by Crippen LogP contribution is -2.29. The van der Waals surface area contributed by atoms with Gasteiger partial charge in [-0.2, -0.15) is 0 Å². The Bertz CT molecular complexity index is 837. The fraction of sp³-hybridized carbons (Fsp3) is 0.222. The van der Waals surface area contributed by atoms with E-state index in [9.17, 15) is 18.4 Å². The Balaban J connectivity index is 1.77. The first-order valence-electron chi connectivity index (χ1n) is 7.68. The molecule has 1 aliphatic rings. The van der Waals surface area contributed by atoms with Gasteiger partial charge in [0.15, 0.2) is 0 Å². The quantitative estimate of drug-likeness (QED) is 0.897. The summed E-state index contributed by atoms with van der Waals surface area (Å²) in [5.74, 6) is -3.22. The maximum Gasteiger partial charge on any atom is 0.229 e. The predicted octanol–water partition coefficient (Wildman–Crippen LogP) is 3.92. The van der Waals surface area contributed by atoms with Crippen LogP contribution in [0.2, 0.25) is 5.02 Å². The molecule has 3 rings (SSSR count). The minimum absolute atomic E-state index is 0.0742. The molecule has 1 saturated heterocycles. The van der Waals surface area contributed by atoms with Gasteiger partial charge in [0, 0.05) is 23.7 Å². The molecule has 0 saturated carbocycles. The first kappa shape index (κ1) is 17.4. The minimum Gasteiger partial charge on any atom is -0.326 e. The van der Waals surface area contributed by atoms with E-state index in [0.29, 0.717) is 10.7 Å². The number of anilines is 2. The van der Waals surface area contributed by atoms with Gasteiger partial charge < -0.3 is 10.2 Å². The second-order valence-corrected chi connectivity index (χ2v) is 6.36. The van der Waals surface area contributed by atoms with E-state index >= 15 is 0 Å². The third-order valence-corrected chi connectivity index (χ3v) is 4.38. The Morgan fingerprint density at radius 1 is 1.24 bits per heavy atom. The molecule has 1 atom stereocenters. The van der Waals surface area contributed by atoms with E-state index in [4.69, 9.17) is 11.6 Å². The summed E-state index contributed by atoms with van der Waals surface area (Å²) in [5.41, 5.74) is 0.949. The van der Waals surface area contributed by atoms with Crippen LogP contribution in [0, 0.1) is 24.5 Å². The molecule has 2 aromatic carbocycles. The van der Waals surface area contributed by atoms with Crippen molar-refractivity contribution in [3.8, 4) is 0 Å². The summed E-state index contributed by atoms with van der Waals surface area (Å²) in [6.45, 7) is 1.72. The smallest absolute Gasteiger partial charge is 0.229 e. The fourth-order valence-electron chi connectivity index (χ4n) is 2.85. The van der Waals surface area contributed by atoms with Gasteiger partial charge in [-0.05, 0) is 42.8 Å². The van der Waals surface area contributed by atoms with Gasteiger partial charge in [0.05, 0.1) is 5.92 Å². The van der Waals surface area contributed by atoms with Crippen molar-refractivity contribution in [3.63, 3.8) is 0 Å². The fourth-order valence-corrected chi connectivity index (χ4v) is 3.07. The molecular weight excluding hydrogens is 350 g/mol. The number of nitrogens with one attached hydrogen (secondary N) is 1. The Labute approximate surface area is 148 Å². The minimum atomic E-state index is -0.831. The van der Waals surface area contributed by atoms with E-state index < -0.39 is 29.1 Å². The van der Waals surface area contributed by atoms with Crippen LogP contribution in [0.3, 0.4) is 0 Å². The summed E-state index contributed by atoms with van der Waals surface area (Å²) in [7, 11) is 0. The van der Waals surface area contributed by atoms with E-state index in [2.05, 4.69) is 5.32 Å². The van der Waals surface area contributed by atoms with Crippen molar-refractivity contribution in [3.05, 3.63) is 58.6 Å². The van der Waals surface area contributed by atoms with Crippen LogP contribution >= 0.6 is 11.6 Å². The zero-order valence-electron chi connectivity index (χ0n) is 13.4. The molecule has 1 fully saturated rings. The lowest BCUT2D eigenvalue weighted by molar-refractivity contribution is -0.122. The van der Waals surface area contributed by atoms with E-state index in [0.717, 1.165) is 22.6 Å². The summed E-state index contributed by atoms with van der Waals surface area (Å²) in [4.78, 5) is 25.6. The number of nitrogens with zero attached hydrogens (tertiary/aromatic N) is 1. The molecule has 0 aliphatic carbocycles. The molecule has 0 radical (unpaired) electrons. The molecule has 1 unspecified atom stereocenters. The number of para-hydroxylation sites is 1. The van der Waals surface area contributed by atoms with Crippen LogP contribution in [-0.4, -0.2) is 18.4 Å². The molecule has 130 valence electrons. The largest absolute Gasteiger partial charge is 0.326 e. The number of benzene rings is 2. The maximum atomic E-state index is 13.9. The molecule has 25 heavy (non-hydrogen) atoms. The summed E-state index contributed by atoms with van der Waals surface area (Å²) in [6.07, 6.45) is -0.105. The normalized spacial score (nSPS) is 17.0. The van der Waals surface area contributed by atoms with Gasteiger partial charge in [-0.25, -0.2) is 8.78 Å². The zero-order chi connectivity index (χ0) is 18.1. The topological polar surface area (TPSA) is 49.4 Å². The van der Waals surface area contributed by atoms with Gasteiger partial charge in [-0.1, -0.05) is 17.7 Å². The second-order valence-electron chi connectivity index (χ2n) is 5.92. The van der Waals surface area contributed by atoms with Crippen LogP contribution in [0.15, 0.2) is 36.4 Å². The van der Waals surface area contributed by atoms with E-state index in [1.54, 1.807) is 25.1 Å². The van der Waals surface area contributed by atoms with Crippen LogP contribution < -0.4 is 10.2 Å². The Morgan fingerprint density at radius 3 is 2.56 bits per heavy atom. The summed E-state index contributed by atoms with van der Waals surface area (Å²) >= 11 is 5.88. The molecule has 1 N–H and O–H groups in total. The third-order valence-electron chi connectivity index (χ3n) is 4.15. The highest BCUT2D eigenvalue weighted by atomic mass is 35.5. The molecule has 0 aromatic heterocycles. The van der Waals surface area contributed by atoms with Gasteiger partial charge in [-0.3, -0.25) is 9.59 Å². The number of amides is 2. The first-order valence-corrected chi connectivity index (χ1v) is 8.06. The molecule has 4 nitrogen and oxygen atoms in total. The molecule has 0 bridgehead atoms. The monoisotopic (exact) mass is 364 g/mol. The van der Waals surface area contributed by atoms with Gasteiger partial charge in [0.25, 0.3) is 0 Å². The van der Waals surface area contributed by atoms with Gasteiger partial charge in [0.2, 0.25) is 11.8 Å². The van der Waals surface area contributed by atoms with Gasteiger partial charge in [0.1, 0.15) is 17.3 Å². The lowest BCUT2D eigenvalue weighted by Gasteiger charge is -2.18. The highest BCUT2D eigenvalue weighted by molar-refractivity contribution is 6.30. The van der Waals surface area contributed by atoms with Crippen molar-refractivity contribution in [2.75, 3.05) is 16.8 Å². The van der Waals surface area contributed by atoms with Crippen molar-refractivity contribution in [1.29, 1.82) is 0 Å². The highest BCUT2D eigenvalue weighted by Gasteiger charge is 2.37. The number of rotatable bonds is 3. The van der Waals surface area contributed by atoms with Gasteiger partial charge in [-0.15, -0.1) is 0 Å². The van der Waals surface area contributed by atoms with Crippen LogP contribution in [0.1, 0.15) is 12.0 Å².